The maximum Gasteiger partial charge on any atom is 0.335 e. The zero-order valence-corrected chi connectivity index (χ0v) is 7.12. The SMILES string of the molecule is O=C(O)c1ccc2nc(CF)[nH]c2c1. The number of nitrogens with zero attached hydrogens (tertiary/aromatic N) is 1. The van der Waals surface area contributed by atoms with Crippen LogP contribution in [-0.4, -0.2) is 21.0 Å². The lowest BCUT2D eigenvalue weighted by Gasteiger charge is -1.92. The summed E-state index contributed by atoms with van der Waals surface area (Å²) in [5.74, 6) is -0.800. The minimum atomic E-state index is -1.01. The summed E-state index contributed by atoms with van der Waals surface area (Å²) in [4.78, 5) is 17.2. The van der Waals surface area contributed by atoms with Crippen LogP contribution in [0.15, 0.2) is 18.2 Å². The number of aromatic carboxylic acids is 1. The van der Waals surface area contributed by atoms with E-state index in [1.54, 1.807) is 6.07 Å². The van der Waals surface area contributed by atoms with Gasteiger partial charge in [0.1, 0.15) is 12.5 Å². The lowest BCUT2D eigenvalue weighted by Crippen LogP contribution is -1.94. The van der Waals surface area contributed by atoms with E-state index in [9.17, 15) is 9.18 Å². The molecule has 2 rings (SSSR count). The Morgan fingerprint density at radius 1 is 1.57 bits per heavy atom. The molecule has 1 heterocycles. The number of hydrogen-bond donors (Lipinski definition) is 2. The highest BCUT2D eigenvalue weighted by molar-refractivity contribution is 5.92. The van der Waals surface area contributed by atoms with Gasteiger partial charge in [0, 0.05) is 0 Å². The van der Waals surface area contributed by atoms with Gasteiger partial charge < -0.3 is 10.1 Å². The van der Waals surface area contributed by atoms with E-state index in [1.165, 1.54) is 12.1 Å². The first-order valence-electron chi connectivity index (χ1n) is 3.98. The molecule has 0 saturated heterocycles. The minimum absolute atomic E-state index is 0.159. The number of halogens is 1. The predicted molar refractivity (Wildman–Crippen MR) is 47.9 cm³/mol. The van der Waals surface area contributed by atoms with Gasteiger partial charge in [-0.1, -0.05) is 0 Å². The van der Waals surface area contributed by atoms with E-state index in [4.69, 9.17) is 5.11 Å². The van der Waals surface area contributed by atoms with E-state index in [0.717, 1.165) is 0 Å². The Balaban J connectivity index is 2.59. The van der Waals surface area contributed by atoms with Gasteiger partial charge in [-0.15, -0.1) is 0 Å². The molecule has 2 N–H and O–H groups in total. The Morgan fingerprint density at radius 3 is 3.00 bits per heavy atom. The lowest BCUT2D eigenvalue weighted by molar-refractivity contribution is 0.0697. The monoisotopic (exact) mass is 194 g/mol. The van der Waals surface area contributed by atoms with E-state index in [2.05, 4.69) is 9.97 Å². The maximum atomic E-state index is 12.2. The molecule has 0 amide bonds. The molecule has 0 aliphatic rings. The fourth-order valence-electron chi connectivity index (χ4n) is 1.26. The molecule has 0 spiro atoms. The van der Waals surface area contributed by atoms with Crippen molar-refractivity contribution in [2.45, 2.75) is 6.67 Å². The first-order valence-corrected chi connectivity index (χ1v) is 3.98. The quantitative estimate of drug-likeness (QED) is 0.765. The van der Waals surface area contributed by atoms with Crippen LogP contribution in [0.1, 0.15) is 16.2 Å². The molecule has 0 unspecified atom stereocenters. The molecular formula is C9H7FN2O2. The lowest BCUT2D eigenvalue weighted by atomic mass is 10.2. The van der Waals surface area contributed by atoms with Crippen molar-refractivity contribution in [2.75, 3.05) is 0 Å². The Hall–Kier alpha value is -1.91. The number of imidazole rings is 1. The van der Waals surface area contributed by atoms with Gasteiger partial charge >= 0.3 is 5.97 Å². The topological polar surface area (TPSA) is 66.0 Å². The molecule has 2 aromatic rings. The number of aromatic nitrogens is 2. The van der Waals surface area contributed by atoms with Gasteiger partial charge in [-0.3, -0.25) is 0 Å². The van der Waals surface area contributed by atoms with Crippen LogP contribution in [0, 0.1) is 0 Å². The van der Waals surface area contributed by atoms with Crippen molar-refractivity contribution in [3.63, 3.8) is 0 Å². The summed E-state index contributed by atoms with van der Waals surface area (Å²) in [5.41, 5.74) is 1.27. The molecule has 0 radical (unpaired) electrons. The number of nitrogens with one attached hydrogen (secondary N) is 1. The van der Waals surface area contributed by atoms with Gasteiger partial charge in [0.2, 0.25) is 0 Å². The third-order valence-electron chi connectivity index (χ3n) is 1.90. The second kappa shape index (κ2) is 3.10. The summed E-state index contributed by atoms with van der Waals surface area (Å²) in [5, 5.41) is 8.70. The van der Waals surface area contributed by atoms with Gasteiger partial charge in [-0.05, 0) is 18.2 Å². The summed E-state index contributed by atoms with van der Waals surface area (Å²) >= 11 is 0. The zero-order chi connectivity index (χ0) is 10.1. The molecule has 0 aliphatic carbocycles. The maximum absolute atomic E-state index is 12.2. The number of hydrogen-bond acceptors (Lipinski definition) is 2. The third-order valence-corrected chi connectivity index (χ3v) is 1.90. The van der Waals surface area contributed by atoms with Crippen molar-refractivity contribution in [3.8, 4) is 0 Å². The Labute approximate surface area is 78.4 Å². The number of aromatic amines is 1. The van der Waals surface area contributed by atoms with Gasteiger partial charge in [0.05, 0.1) is 16.6 Å². The predicted octanol–water partition coefficient (Wildman–Crippen LogP) is 1.73. The van der Waals surface area contributed by atoms with Crippen molar-refractivity contribution in [1.29, 1.82) is 0 Å². The molecule has 0 fully saturated rings. The molecule has 0 saturated carbocycles. The highest BCUT2D eigenvalue weighted by Gasteiger charge is 2.06. The van der Waals surface area contributed by atoms with Crippen LogP contribution in [0.2, 0.25) is 0 Å². The first-order chi connectivity index (χ1) is 6.70. The van der Waals surface area contributed by atoms with Crippen LogP contribution < -0.4 is 0 Å². The number of H-pyrrole nitrogens is 1. The van der Waals surface area contributed by atoms with Crippen molar-refractivity contribution in [3.05, 3.63) is 29.6 Å². The minimum Gasteiger partial charge on any atom is -0.478 e. The van der Waals surface area contributed by atoms with E-state index >= 15 is 0 Å². The van der Waals surface area contributed by atoms with Crippen molar-refractivity contribution in [2.24, 2.45) is 0 Å². The normalized spacial score (nSPS) is 10.6. The van der Waals surface area contributed by atoms with E-state index < -0.39 is 12.6 Å². The summed E-state index contributed by atoms with van der Waals surface area (Å²) in [7, 11) is 0. The van der Waals surface area contributed by atoms with Gasteiger partial charge in [-0.25, -0.2) is 14.2 Å². The molecule has 5 heteroatoms. The summed E-state index contributed by atoms with van der Waals surface area (Å²) in [6.07, 6.45) is 0. The van der Waals surface area contributed by atoms with Crippen LogP contribution in [-0.2, 0) is 6.67 Å². The molecule has 0 bridgehead atoms. The van der Waals surface area contributed by atoms with Crippen molar-refractivity contribution in [1.82, 2.24) is 9.97 Å². The number of fused-ring (bicyclic) bond motifs is 1. The van der Waals surface area contributed by atoms with Crippen LogP contribution >= 0.6 is 0 Å². The molecule has 0 atom stereocenters. The second-order valence-electron chi connectivity index (χ2n) is 2.85. The smallest absolute Gasteiger partial charge is 0.335 e. The van der Waals surface area contributed by atoms with Crippen LogP contribution in [0.5, 0.6) is 0 Å². The number of carboxylic acid groups (broad SMARTS) is 1. The molecule has 72 valence electrons. The Bertz CT molecular complexity index is 493. The van der Waals surface area contributed by atoms with Gasteiger partial charge in [0.15, 0.2) is 0 Å². The summed E-state index contributed by atoms with van der Waals surface area (Å²) in [6, 6.07) is 4.42. The standard InChI is InChI=1S/C9H7FN2O2/c10-4-8-11-6-2-1-5(9(13)14)3-7(6)12-8/h1-3H,4H2,(H,11,12)(H,13,14). The van der Waals surface area contributed by atoms with E-state index in [-0.39, 0.29) is 11.4 Å². The number of rotatable bonds is 2. The molecule has 14 heavy (non-hydrogen) atoms. The Kier molecular flexibility index (Phi) is 1.92. The van der Waals surface area contributed by atoms with Crippen molar-refractivity contribution >= 4 is 17.0 Å². The van der Waals surface area contributed by atoms with E-state index in [0.29, 0.717) is 11.0 Å². The first kappa shape index (κ1) is 8.68. The molecule has 0 aliphatic heterocycles. The average molecular weight is 194 g/mol. The van der Waals surface area contributed by atoms with Gasteiger partial charge in [-0.2, -0.15) is 0 Å². The molecule has 4 nitrogen and oxygen atoms in total. The number of benzene rings is 1. The highest BCUT2D eigenvalue weighted by atomic mass is 19.1. The molecule has 1 aromatic carbocycles. The number of alkyl halides is 1. The summed E-state index contributed by atoms with van der Waals surface area (Å²) in [6.45, 7) is -0.683. The van der Waals surface area contributed by atoms with Crippen LogP contribution in [0.4, 0.5) is 4.39 Å². The third kappa shape index (κ3) is 1.32. The van der Waals surface area contributed by atoms with E-state index in [1.807, 2.05) is 0 Å². The average Bonchev–Trinajstić information content (AvgIpc) is 2.58. The second-order valence-corrected chi connectivity index (χ2v) is 2.85. The van der Waals surface area contributed by atoms with Crippen LogP contribution in [0.25, 0.3) is 11.0 Å². The number of carboxylic acids is 1. The fourth-order valence-corrected chi connectivity index (χ4v) is 1.26. The molecule has 1 aromatic heterocycles. The highest BCUT2D eigenvalue weighted by Crippen LogP contribution is 2.14. The Morgan fingerprint density at radius 2 is 2.36 bits per heavy atom. The zero-order valence-electron chi connectivity index (χ0n) is 7.12. The van der Waals surface area contributed by atoms with Crippen molar-refractivity contribution < 1.29 is 14.3 Å². The fraction of sp³-hybridized carbons (Fsp3) is 0.111. The van der Waals surface area contributed by atoms with Crippen LogP contribution in [0.3, 0.4) is 0 Å². The summed E-state index contributed by atoms with van der Waals surface area (Å²) < 4.78 is 12.2. The van der Waals surface area contributed by atoms with Gasteiger partial charge in [0.25, 0.3) is 0 Å². The molecular weight excluding hydrogens is 187 g/mol. The number of carbonyl (C=O) groups is 1. The largest absolute Gasteiger partial charge is 0.478 e.